The van der Waals surface area contributed by atoms with Crippen LogP contribution in [-0.4, -0.2) is 372 Å². The number of hydrogen-bond acceptors (Lipinski definition) is 39. The molecule has 0 aliphatic rings. The zero-order valence-corrected chi connectivity index (χ0v) is 99.4. The molecule has 143 heavy (non-hydrogen) atoms. The highest BCUT2D eigenvalue weighted by Gasteiger charge is 2.22. The minimum atomic E-state index is -0.869. The van der Waals surface area contributed by atoms with Crippen LogP contribution in [0, 0.1) is 23.7 Å². The van der Waals surface area contributed by atoms with Gasteiger partial charge >= 0.3 is 5.97 Å². The normalized spacial score (nSPS) is 13.0. The number of amides is 2. The fraction of sp³-hybridized carbons (Fsp3) is 0.812. The van der Waals surface area contributed by atoms with Crippen LogP contribution in [0.2, 0.25) is 0 Å². The molecule has 42 heteroatoms. The van der Waals surface area contributed by atoms with Crippen molar-refractivity contribution >= 4 is 134 Å². The van der Waals surface area contributed by atoms with Gasteiger partial charge < -0.3 is 112 Å². The predicted molar refractivity (Wildman–Crippen MR) is 592 cm³/mol. The lowest BCUT2D eigenvalue weighted by molar-refractivity contribution is -0.137. The topological polar surface area (TPSA) is 630 Å². The summed E-state index contributed by atoms with van der Waals surface area (Å²) in [5.74, 6) is 4.72. The molecule has 0 bridgehead atoms. The molecule has 0 unspecified atom stereocenters. The van der Waals surface area contributed by atoms with E-state index in [4.69, 9.17) is 26.8 Å². The standard InChI is InChI=1S/2C8H17NO.2C7H14N2O2.C7H13NO3.2C7H15NOS.2C7H15NO.2C6H13NO.2C5H11NO2.2C5H11NO.C4H9NO/c2*1-6(2)5-8(9-4)7(3)10;2*1-5(10)6(9-2)3-4-7(8)11;1-5(9)6(8-2)3-4-7(10)11;2*1-6(9)7(8-2)4-5-10-3;2*1-5(2)7(8-4)6(3)9;1-5(8)6(2,3)7-4;1-4-6(7-3)5(2)8;2*1-4(8)5(3-7)6-2;2*1-4(6-3)5(2)7;1-4(6)3-5-2/h2*6,8-9H,5H2,1-4H3;2*6,9H,3-4H2,1-2H3,(H2,8,11);6,8H,3-4H2,1-2H3,(H,10,11);2*7-8H,4-5H2,1-3H3;2*5,7-8H,1-4H3;7H,1-4H3;6-7H,4H2,1-3H3;2*5-7H,3H2,1-2H3;2*4,6H,1-3H3;5H,3H2,1-2H3/t2*8-;3*6-;4*7-;;6-;2*5-;2*4-;/m101001010.01010./s1. The van der Waals surface area contributed by atoms with Crippen LogP contribution in [0.1, 0.15) is 271 Å². The molecule has 852 valence electrons. The van der Waals surface area contributed by atoms with Crippen molar-refractivity contribution in [3.8, 4) is 0 Å². The molecular formula is C101H214N18O22S2. The van der Waals surface area contributed by atoms with Crippen LogP contribution in [0.4, 0.5) is 0 Å². The van der Waals surface area contributed by atoms with Gasteiger partial charge in [0.1, 0.15) is 92.5 Å². The molecule has 0 aromatic carbocycles. The monoisotopic (exact) mass is 2100 g/mol. The van der Waals surface area contributed by atoms with E-state index in [1.54, 1.807) is 170 Å². The largest absolute Gasteiger partial charge is 0.481 e. The van der Waals surface area contributed by atoms with Crippen LogP contribution in [0.25, 0.3) is 0 Å². The van der Waals surface area contributed by atoms with Gasteiger partial charge in [-0.25, -0.2) is 0 Å². The molecule has 0 fully saturated rings. The summed E-state index contributed by atoms with van der Waals surface area (Å²) in [4.78, 5) is 200. The minimum absolute atomic E-state index is 0.0139. The first-order valence-electron chi connectivity index (χ1n) is 48.6. The Labute approximate surface area is 873 Å². The average Bonchev–Trinajstić information content (AvgIpc) is 0.916. The zero-order valence-electron chi connectivity index (χ0n) is 97.8. The van der Waals surface area contributed by atoms with Crippen molar-refractivity contribution in [2.75, 3.05) is 157 Å². The van der Waals surface area contributed by atoms with E-state index in [2.05, 4.69) is 113 Å². The number of rotatable bonds is 56. The molecule has 40 nitrogen and oxygen atoms in total. The van der Waals surface area contributed by atoms with Gasteiger partial charge in [0.05, 0.1) is 110 Å². The number of ketones is 16. The smallest absolute Gasteiger partial charge is 0.303 e. The molecular weight excluding hydrogens is 1880 g/mol. The summed E-state index contributed by atoms with van der Waals surface area (Å²) in [6.45, 7) is 51.1. The van der Waals surface area contributed by atoms with E-state index in [0.29, 0.717) is 49.5 Å². The number of aliphatic hydroxyl groups is 2. The molecule has 0 aromatic heterocycles. The quantitative estimate of drug-likeness (QED) is 0.0401. The maximum Gasteiger partial charge on any atom is 0.303 e. The molecule has 0 saturated carbocycles. The Hall–Kier alpha value is -6.89. The summed E-state index contributed by atoms with van der Waals surface area (Å²) >= 11 is 3.54. The number of carboxylic acid groups (broad SMARTS) is 1. The molecule has 2 amide bonds. The first-order valence-corrected chi connectivity index (χ1v) is 51.4. The molecule has 0 heterocycles. The number of carbonyl (C=O) groups is 19. The molecule has 14 atom stereocenters. The van der Waals surface area contributed by atoms with Gasteiger partial charge in [0, 0.05) is 19.3 Å². The van der Waals surface area contributed by atoms with E-state index < -0.39 is 5.97 Å². The zero-order chi connectivity index (χ0) is 117. The van der Waals surface area contributed by atoms with Crippen LogP contribution in [0.5, 0.6) is 0 Å². The number of hydrogen-bond donors (Lipinski definition) is 21. The van der Waals surface area contributed by atoms with Crippen molar-refractivity contribution in [1.82, 2.24) is 85.1 Å². The summed E-state index contributed by atoms with van der Waals surface area (Å²) in [7, 11) is 28.1. The van der Waals surface area contributed by atoms with E-state index in [1.165, 1.54) is 34.6 Å². The van der Waals surface area contributed by atoms with E-state index in [0.717, 1.165) is 43.6 Å². The number of nitrogens with two attached hydrogens (primary N) is 2. The number of Topliss-reactive ketones (excluding diaryl/α,β-unsaturated/α-hetero) is 16. The number of aliphatic carboxylic acids is 1. The Morgan fingerprint density at radius 2 is 0.510 bits per heavy atom. The van der Waals surface area contributed by atoms with Gasteiger partial charge in [-0.2, -0.15) is 23.5 Å². The second kappa shape index (κ2) is 117. The second-order valence-electron chi connectivity index (χ2n) is 35.2. The Morgan fingerprint density at radius 3 is 0.573 bits per heavy atom. The lowest BCUT2D eigenvalue weighted by atomic mass is 10.0. The summed E-state index contributed by atoms with van der Waals surface area (Å²) < 4.78 is 0. The molecule has 0 radical (unpaired) electrons. The molecule has 0 aliphatic carbocycles. The van der Waals surface area contributed by atoms with Crippen molar-refractivity contribution in [3.05, 3.63) is 0 Å². The fourth-order valence-electron chi connectivity index (χ4n) is 10.4. The Balaban J connectivity index is -0.0000000861. The lowest BCUT2D eigenvalue weighted by Gasteiger charge is -2.19. The van der Waals surface area contributed by atoms with E-state index in [9.17, 15) is 91.1 Å². The van der Waals surface area contributed by atoms with Crippen LogP contribution in [0.3, 0.4) is 0 Å². The van der Waals surface area contributed by atoms with Crippen molar-refractivity contribution < 1.29 is 106 Å². The van der Waals surface area contributed by atoms with Crippen molar-refractivity contribution in [2.45, 2.75) is 362 Å². The third-order valence-corrected chi connectivity index (χ3v) is 21.9. The first kappa shape index (κ1) is 172. The average molecular weight is 2100 g/mol. The van der Waals surface area contributed by atoms with Crippen molar-refractivity contribution in [3.63, 3.8) is 0 Å². The number of likely N-dealkylation sites (N-methyl/N-ethyl adjacent to an activating group) is 16. The number of carboxylic acids is 1. The van der Waals surface area contributed by atoms with Gasteiger partial charge in [0.25, 0.3) is 0 Å². The first-order chi connectivity index (χ1) is 65.8. The summed E-state index contributed by atoms with van der Waals surface area (Å²) in [6.07, 6.45) is 10.6. The highest BCUT2D eigenvalue weighted by molar-refractivity contribution is 7.98. The van der Waals surface area contributed by atoms with E-state index in [-0.39, 0.29) is 227 Å². The third-order valence-electron chi connectivity index (χ3n) is 20.7. The maximum atomic E-state index is 10.8. The number of thioether (sulfide) groups is 2. The Kier molecular flexibility index (Phi) is 141. The van der Waals surface area contributed by atoms with E-state index in [1.807, 2.05) is 117 Å². The third kappa shape index (κ3) is 133. The summed E-state index contributed by atoms with van der Waals surface area (Å²) in [5.41, 5.74) is 9.49. The SMILES string of the molecule is CC[C@H](NC)C(C)=O.CNC(C)(C)C(C)=O.CNCC(C)=O.CN[C@@H](C(C)=O)C(C)C.CN[C@@H](C)C(C)=O.CN[C@@H](CC(C)C)C(C)=O.CN[C@@H](CCC(=O)O)C(C)=O.CN[C@@H](CCC(N)=O)C(C)=O.CN[C@@H](CCSC)C(C)=O.CN[C@@H](CO)C(C)=O.CN[C@H](C(C)=O)C(C)C.CN[C@H](C)C(C)=O.CN[C@H](CC(C)C)C(C)=O.CN[C@H](CCC(N)=O)C(C)=O.CN[C@H](CCSC)C(C)=O.CN[C@H](CO)C(C)=O. The molecule has 0 spiro atoms. The van der Waals surface area contributed by atoms with Crippen LogP contribution in [0.15, 0.2) is 0 Å². The van der Waals surface area contributed by atoms with Gasteiger partial charge in [0.15, 0.2) is 0 Å². The maximum absolute atomic E-state index is 10.8. The summed E-state index contributed by atoms with van der Waals surface area (Å²) in [6, 6.07) is -1.15. The highest BCUT2D eigenvalue weighted by Crippen LogP contribution is 2.09. The fourth-order valence-corrected chi connectivity index (χ4v) is 11.3. The number of carbonyl (C=O) groups excluding carboxylic acids is 18. The number of nitrogens with one attached hydrogen (secondary N) is 16. The lowest BCUT2D eigenvalue weighted by Crippen LogP contribution is -2.42. The van der Waals surface area contributed by atoms with Gasteiger partial charge in [-0.1, -0.05) is 62.3 Å². The second-order valence-corrected chi connectivity index (χ2v) is 37.2. The Morgan fingerprint density at radius 1 is 0.294 bits per heavy atom. The van der Waals surface area contributed by atoms with Gasteiger partial charge in [-0.15, -0.1) is 0 Å². The molecule has 0 aliphatic heterocycles. The van der Waals surface area contributed by atoms with Gasteiger partial charge in [-0.05, 0) is 350 Å². The van der Waals surface area contributed by atoms with Crippen LogP contribution >= 0.6 is 23.5 Å². The predicted octanol–water partition coefficient (Wildman–Crippen LogP) is 4.40. The van der Waals surface area contributed by atoms with Gasteiger partial charge in [-0.3, -0.25) is 91.1 Å². The molecule has 0 aromatic rings. The highest BCUT2D eigenvalue weighted by atomic mass is 32.2. The van der Waals surface area contributed by atoms with Crippen molar-refractivity contribution in [2.24, 2.45) is 35.1 Å². The van der Waals surface area contributed by atoms with Crippen LogP contribution in [-0.2, 0) is 91.1 Å². The molecule has 0 saturated heterocycles. The van der Waals surface area contributed by atoms with Crippen LogP contribution < -0.4 is 96.5 Å². The Bertz CT molecular complexity index is 3040. The molecule has 23 N–H and O–H groups in total. The molecule has 0 rings (SSSR count). The van der Waals surface area contributed by atoms with Gasteiger partial charge in [0.2, 0.25) is 11.8 Å². The van der Waals surface area contributed by atoms with Crippen molar-refractivity contribution in [1.29, 1.82) is 0 Å². The minimum Gasteiger partial charge on any atom is -0.481 e. The number of primary amides is 2. The summed E-state index contributed by atoms with van der Waals surface area (Å²) in [5, 5.41) is 70.7. The van der Waals surface area contributed by atoms with E-state index >= 15 is 0 Å². The number of aliphatic hydroxyl groups excluding tert-OH is 2.